The summed E-state index contributed by atoms with van der Waals surface area (Å²) >= 11 is 7.24. The van der Waals surface area contributed by atoms with Gasteiger partial charge in [-0.1, -0.05) is 11.6 Å². The van der Waals surface area contributed by atoms with Gasteiger partial charge in [-0.15, -0.1) is 11.3 Å². The summed E-state index contributed by atoms with van der Waals surface area (Å²) in [5.41, 5.74) is 1.98. The molecule has 5 rings (SSSR count). The van der Waals surface area contributed by atoms with Crippen molar-refractivity contribution in [3.05, 3.63) is 39.0 Å². The Bertz CT molecular complexity index is 1100. The van der Waals surface area contributed by atoms with E-state index in [-0.39, 0.29) is 25.0 Å². The third kappa shape index (κ3) is 3.48. The number of halogens is 1. The largest absolute Gasteiger partial charge is 0.489 e. The number of rotatable bonds is 4. The first-order chi connectivity index (χ1) is 15.3. The highest BCUT2D eigenvalue weighted by molar-refractivity contribution is 7.18. The summed E-state index contributed by atoms with van der Waals surface area (Å²) < 4.78 is 12.0. The van der Waals surface area contributed by atoms with Gasteiger partial charge in [0, 0.05) is 24.7 Å². The van der Waals surface area contributed by atoms with Gasteiger partial charge in [-0.2, -0.15) is 0 Å². The molecule has 2 saturated heterocycles. The number of cyclic esters (lactones) is 1. The lowest BCUT2D eigenvalue weighted by Gasteiger charge is -2.32. The van der Waals surface area contributed by atoms with Crippen LogP contribution < -0.4 is 19.9 Å². The van der Waals surface area contributed by atoms with E-state index in [1.807, 2.05) is 6.92 Å². The number of fused-ring (bicyclic) bond motifs is 3. The quantitative estimate of drug-likeness (QED) is 0.699. The lowest BCUT2D eigenvalue weighted by atomic mass is 10.1. The Morgan fingerprint density at radius 2 is 2.16 bits per heavy atom. The highest BCUT2D eigenvalue weighted by atomic mass is 35.5. The normalized spacial score (nSPS) is 24.2. The third-order valence-electron chi connectivity index (χ3n) is 5.86. The van der Waals surface area contributed by atoms with Gasteiger partial charge in [0.2, 0.25) is 0 Å². The Morgan fingerprint density at radius 1 is 1.34 bits per heavy atom. The number of benzene rings is 1. The third-order valence-corrected chi connectivity index (χ3v) is 7.41. The number of ether oxygens (including phenoxy) is 2. The molecule has 4 heterocycles. The summed E-state index contributed by atoms with van der Waals surface area (Å²) in [5, 5.41) is 12.5. The van der Waals surface area contributed by atoms with Crippen molar-refractivity contribution in [1.82, 2.24) is 5.32 Å². The van der Waals surface area contributed by atoms with Gasteiger partial charge in [-0.3, -0.25) is 14.5 Å². The van der Waals surface area contributed by atoms with Gasteiger partial charge in [0.1, 0.15) is 30.6 Å². The first-order valence-corrected chi connectivity index (χ1v) is 11.3. The molecule has 168 valence electrons. The van der Waals surface area contributed by atoms with E-state index in [0.717, 1.165) is 5.56 Å². The van der Waals surface area contributed by atoms with Crippen LogP contribution in [0, 0.1) is 6.92 Å². The molecule has 3 aliphatic rings. The highest BCUT2D eigenvalue weighted by Gasteiger charge is 2.47. The van der Waals surface area contributed by atoms with Crippen molar-refractivity contribution in [2.24, 2.45) is 0 Å². The second-order valence-electron chi connectivity index (χ2n) is 7.89. The van der Waals surface area contributed by atoms with E-state index >= 15 is 0 Å². The molecule has 32 heavy (non-hydrogen) atoms. The van der Waals surface area contributed by atoms with E-state index in [0.29, 0.717) is 39.3 Å². The second-order valence-corrected chi connectivity index (χ2v) is 9.55. The zero-order valence-corrected chi connectivity index (χ0v) is 18.6. The van der Waals surface area contributed by atoms with Crippen LogP contribution in [0.3, 0.4) is 0 Å². The van der Waals surface area contributed by atoms with Gasteiger partial charge in [-0.25, -0.2) is 4.79 Å². The molecule has 0 saturated carbocycles. The Kier molecular flexibility index (Phi) is 5.23. The monoisotopic (exact) mass is 477 g/mol. The fourth-order valence-corrected chi connectivity index (χ4v) is 5.25. The summed E-state index contributed by atoms with van der Waals surface area (Å²) in [6.45, 7) is 2.57. The van der Waals surface area contributed by atoms with Crippen LogP contribution in [0.5, 0.6) is 5.75 Å². The summed E-state index contributed by atoms with van der Waals surface area (Å²) in [4.78, 5) is 40.7. The number of aryl methyl sites for hydroxylation is 1. The average molecular weight is 478 g/mol. The Labute approximate surface area is 192 Å². The predicted octanol–water partition coefficient (Wildman–Crippen LogP) is 2.32. The van der Waals surface area contributed by atoms with Gasteiger partial charge >= 0.3 is 6.09 Å². The first-order valence-electron chi connectivity index (χ1n) is 10.1. The Hall–Kier alpha value is -2.82. The van der Waals surface area contributed by atoms with Crippen LogP contribution >= 0.6 is 22.9 Å². The molecule has 0 unspecified atom stereocenters. The number of carbonyl (C=O) groups excluding carboxylic acids is 3. The first kappa shape index (κ1) is 21.0. The van der Waals surface area contributed by atoms with Gasteiger partial charge < -0.3 is 24.8 Å². The minimum absolute atomic E-state index is 0.136. The topological polar surface area (TPSA) is 108 Å². The van der Waals surface area contributed by atoms with Gasteiger partial charge in [0.05, 0.1) is 21.4 Å². The van der Waals surface area contributed by atoms with E-state index in [4.69, 9.17) is 21.1 Å². The summed E-state index contributed by atoms with van der Waals surface area (Å²) in [6, 6.07) is 6.42. The highest BCUT2D eigenvalue weighted by Crippen LogP contribution is 2.41. The molecule has 9 nitrogen and oxygen atoms in total. The van der Waals surface area contributed by atoms with Crippen LogP contribution in [0.1, 0.15) is 21.7 Å². The zero-order valence-electron chi connectivity index (χ0n) is 17.0. The molecule has 3 aliphatic heterocycles. The van der Waals surface area contributed by atoms with E-state index in [1.165, 1.54) is 21.1 Å². The molecule has 0 radical (unpaired) electrons. The second kappa shape index (κ2) is 7.95. The van der Waals surface area contributed by atoms with Crippen molar-refractivity contribution in [1.29, 1.82) is 0 Å². The predicted molar refractivity (Wildman–Crippen MR) is 118 cm³/mol. The molecular formula is C21H20ClN3O6S. The molecule has 1 aromatic heterocycles. The standard InChI is InChI=1S/C21H20ClN3O6S/c1-10-6-17(32-18(10)22)19(27)23-8-16-13-9-30-15-7-11(24-5-4-14(26)20(24)28)2-3-12(15)25(13)21(29)31-16/h2-3,6-7,13-14,16,26H,4-5,8-9H2,1H3,(H,23,27)/t13-,14-,16-/m0/s1. The number of hydrogen-bond donors (Lipinski definition) is 2. The molecule has 3 atom stereocenters. The Balaban J connectivity index is 1.30. The van der Waals surface area contributed by atoms with Gasteiger partial charge in [-0.05, 0) is 30.7 Å². The van der Waals surface area contributed by atoms with E-state index < -0.39 is 24.3 Å². The van der Waals surface area contributed by atoms with Crippen molar-refractivity contribution in [2.45, 2.75) is 31.6 Å². The van der Waals surface area contributed by atoms with Crippen LogP contribution in [0.2, 0.25) is 4.34 Å². The SMILES string of the molecule is Cc1cc(C(=O)NC[C@@H]2OC(=O)N3c4ccc(N5CC[C@H](O)C5=O)cc4OC[C@@H]23)sc1Cl. The number of anilines is 2. The molecule has 3 amide bonds. The lowest BCUT2D eigenvalue weighted by Crippen LogP contribution is -2.47. The van der Waals surface area contributed by atoms with E-state index in [9.17, 15) is 19.5 Å². The van der Waals surface area contributed by atoms with Crippen LogP contribution in [-0.2, 0) is 9.53 Å². The number of carbonyl (C=O) groups is 3. The number of nitrogens with zero attached hydrogens (tertiary/aromatic N) is 2. The van der Waals surface area contributed by atoms with Gasteiger partial charge in [0.15, 0.2) is 0 Å². The van der Waals surface area contributed by atoms with E-state index in [1.54, 1.807) is 24.3 Å². The van der Waals surface area contributed by atoms with Crippen LogP contribution in [0.15, 0.2) is 24.3 Å². The fraction of sp³-hybridized carbons (Fsp3) is 0.381. The van der Waals surface area contributed by atoms with Crippen molar-refractivity contribution in [2.75, 3.05) is 29.5 Å². The number of aliphatic hydroxyl groups is 1. The fourth-order valence-electron chi connectivity index (χ4n) is 4.14. The van der Waals surface area contributed by atoms with Crippen LogP contribution in [0.25, 0.3) is 0 Å². The maximum absolute atomic E-state index is 12.6. The molecule has 0 bridgehead atoms. The molecule has 11 heteroatoms. The van der Waals surface area contributed by atoms with Crippen molar-refractivity contribution in [3.63, 3.8) is 0 Å². The molecule has 1 aromatic carbocycles. The van der Waals surface area contributed by atoms with Crippen molar-refractivity contribution < 1.29 is 29.0 Å². The number of aliphatic hydroxyl groups excluding tert-OH is 1. The lowest BCUT2D eigenvalue weighted by molar-refractivity contribution is -0.124. The molecular weight excluding hydrogens is 458 g/mol. The minimum atomic E-state index is -0.991. The number of hydrogen-bond acceptors (Lipinski definition) is 7. The Morgan fingerprint density at radius 3 is 2.84 bits per heavy atom. The van der Waals surface area contributed by atoms with Crippen LogP contribution in [0.4, 0.5) is 16.2 Å². The number of amides is 3. The molecule has 2 fully saturated rings. The van der Waals surface area contributed by atoms with Crippen molar-refractivity contribution >= 4 is 52.2 Å². The molecule has 0 spiro atoms. The molecule has 0 aliphatic carbocycles. The van der Waals surface area contributed by atoms with Crippen molar-refractivity contribution in [3.8, 4) is 5.75 Å². The number of nitrogens with one attached hydrogen (secondary N) is 1. The van der Waals surface area contributed by atoms with E-state index in [2.05, 4.69) is 5.32 Å². The number of thiophene rings is 1. The minimum Gasteiger partial charge on any atom is -0.489 e. The molecule has 2 N–H and O–H groups in total. The zero-order chi connectivity index (χ0) is 22.6. The maximum atomic E-state index is 12.6. The maximum Gasteiger partial charge on any atom is 0.415 e. The summed E-state index contributed by atoms with van der Waals surface area (Å²) in [7, 11) is 0. The van der Waals surface area contributed by atoms with Gasteiger partial charge in [0.25, 0.3) is 11.8 Å². The van der Waals surface area contributed by atoms with Crippen LogP contribution in [-0.4, -0.2) is 61.0 Å². The smallest absolute Gasteiger partial charge is 0.415 e. The summed E-state index contributed by atoms with van der Waals surface area (Å²) in [5.74, 6) is -0.172. The molecule has 2 aromatic rings. The summed E-state index contributed by atoms with van der Waals surface area (Å²) in [6.07, 6.45) is -1.71. The average Bonchev–Trinajstić information content (AvgIpc) is 3.41.